The van der Waals surface area contributed by atoms with Crippen LogP contribution in [0.4, 0.5) is 0 Å². The first-order chi connectivity index (χ1) is 12.9. The molecule has 1 aromatic rings. The molecule has 27 heavy (non-hydrogen) atoms. The van der Waals surface area contributed by atoms with Crippen molar-refractivity contribution in [2.75, 3.05) is 46.5 Å². The Balaban J connectivity index is 1.74. The molecule has 6 nitrogen and oxygen atoms in total. The highest BCUT2D eigenvalue weighted by Crippen LogP contribution is 2.34. The highest BCUT2D eigenvalue weighted by molar-refractivity contribution is 7.89. The quantitative estimate of drug-likeness (QED) is 0.739. The van der Waals surface area contributed by atoms with Crippen LogP contribution in [-0.4, -0.2) is 69.7 Å². The summed E-state index contributed by atoms with van der Waals surface area (Å²) in [6.45, 7) is 8.67. The maximum atomic E-state index is 13.1. The Morgan fingerprint density at radius 2 is 1.74 bits per heavy atom. The molecule has 3 rings (SSSR count). The highest BCUT2D eigenvalue weighted by atomic mass is 32.2. The molecule has 2 saturated heterocycles. The molecule has 1 aromatic carbocycles. The fourth-order valence-corrected chi connectivity index (χ4v) is 5.78. The molecule has 0 bridgehead atoms. The first kappa shape index (κ1) is 20.7. The molecule has 0 aliphatic carbocycles. The van der Waals surface area contributed by atoms with E-state index in [1.807, 2.05) is 18.2 Å². The first-order valence-corrected chi connectivity index (χ1v) is 11.3. The van der Waals surface area contributed by atoms with Gasteiger partial charge in [0, 0.05) is 39.8 Å². The van der Waals surface area contributed by atoms with Gasteiger partial charge in [-0.05, 0) is 30.4 Å². The van der Waals surface area contributed by atoms with Crippen LogP contribution in [0, 0.1) is 5.92 Å². The normalized spacial score (nSPS) is 22.2. The van der Waals surface area contributed by atoms with Crippen LogP contribution in [0.3, 0.4) is 0 Å². The minimum Gasteiger partial charge on any atom is -0.379 e. The van der Waals surface area contributed by atoms with Gasteiger partial charge in [-0.25, -0.2) is 8.42 Å². The molecule has 2 aliphatic rings. The Hall–Kier alpha value is -0.990. The van der Waals surface area contributed by atoms with Gasteiger partial charge in [0.1, 0.15) is 0 Å². The lowest BCUT2D eigenvalue weighted by atomic mass is 9.81. The van der Waals surface area contributed by atoms with Gasteiger partial charge in [0.15, 0.2) is 0 Å². The number of hydrogen-bond donors (Lipinski definition) is 0. The molecule has 2 fully saturated rings. The summed E-state index contributed by atoms with van der Waals surface area (Å²) in [6.07, 6.45) is 1.94. The number of sulfonamides is 1. The summed E-state index contributed by atoms with van der Waals surface area (Å²) in [5.41, 5.74) is 0.814. The second-order valence-corrected chi connectivity index (χ2v) is 9.73. The molecule has 152 valence electrons. The molecule has 0 spiro atoms. The Morgan fingerprint density at radius 1 is 1.11 bits per heavy atom. The van der Waals surface area contributed by atoms with E-state index in [1.54, 1.807) is 17.5 Å². The monoisotopic (exact) mass is 396 g/mol. The Labute approximate surface area is 163 Å². The van der Waals surface area contributed by atoms with Crippen molar-refractivity contribution in [1.29, 1.82) is 0 Å². The average Bonchev–Trinajstić information content (AvgIpc) is 2.69. The van der Waals surface area contributed by atoms with Crippen molar-refractivity contribution < 1.29 is 17.9 Å². The van der Waals surface area contributed by atoms with E-state index >= 15 is 0 Å². The molecule has 0 N–H and O–H groups in total. The van der Waals surface area contributed by atoms with E-state index in [0.29, 0.717) is 43.7 Å². The van der Waals surface area contributed by atoms with Crippen LogP contribution in [0.5, 0.6) is 0 Å². The number of likely N-dealkylation sites (tertiary alicyclic amines) is 1. The zero-order valence-electron chi connectivity index (χ0n) is 16.7. The third kappa shape index (κ3) is 4.38. The molecule has 0 saturated carbocycles. The fourth-order valence-electron chi connectivity index (χ4n) is 4.16. The largest absolute Gasteiger partial charge is 0.379 e. The maximum Gasteiger partial charge on any atom is 0.243 e. The molecule has 2 aliphatic heterocycles. The molecule has 0 aromatic heterocycles. The minimum absolute atomic E-state index is 0.0596. The summed E-state index contributed by atoms with van der Waals surface area (Å²) >= 11 is 0. The van der Waals surface area contributed by atoms with Gasteiger partial charge >= 0.3 is 0 Å². The van der Waals surface area contributed by atoms with E-state index in [1.165, 1.54) is 0 Å². The molecular weight excluding hydrogens is 364 g/mol. The van der Waals surface area contributed by atoms with Crippen molar-refractivity contribution in [2.24, 2.45) is 5.92 Å². The predicted octanol–water partition coefficient (Wildman–Crippen LogP) is 2.34. The second-order valence-electron chi connectivity index (χ2n) is 7.82. The SMILES string of the molecule is COC1(C(C)C)CCN(Cc2ccccc2S(=O)(=O)N2CCOCC2)CC1. The Bertz CT molecular complexity index is 721. The van der Waals surface area contributed by atoms with Gasteiger partial charge < -0.3 is 9.47 Å². The predicted molar refractivity (Wildman–Crippen MR) is 105 cm³/mol. The lowest BCUT2D eigenvalue weighted by molar-refractivity contribution is -0.0897. The molecule has 2 heterocycles. The minimum atomic E-state index is -3.48. The Morgan fingerprint density at radius 3 is 2.33 bits per heavy atom. The van der Waals surface area contributed by atoms with Gasteiger partial charge in [-0.2, -0.15) is 4.31 Å². The molecule has 0 amide bonds. The van der Waals surface area contributed by atoms with Crippen LogP contribution < -0.4 is 0 Å². The zero-order chi connectivity index (χ0) is 19.5. The number of piperidine rings is 1. The van der Waals surface area contributed by atoms with E-state index in [2.05, 4.69) is 18.7 Å². The lowest BCUT2D eigenvalue weighted by Crippen LogP contribution is -2.48. The van der Waals surface area contributed by atoms with E-state index < -0.39 is 10.0 Å². The summed E-state index contributed by atoms with van der Waals surface area (Å²) in [5, 5.41) is 0. The van der Waals surface area contributed by atoms with Gasteiger partial charge in [-0.15, -0.1) is 0 Å². The zero-order valence-corrected chi connectivity index (χ0v) is 17.5. The number of rotatable bonds is 6. The highest BCUT2D eigenvalue weighted by Gasteiger charge is 2.37. The third-order valence-corrected chi connectivity index (χ3v) is 8.11. The van der Waals surface area contributed by atoms with Crippen molar-refractivity contribution in [3.05, 3.63) is 29.8 Å². The summed E-state index contributed by atoms with van der Waals surface area (Å²) in [4.78, 5) is 2.77. The van der Waals surface area contributed by atoms with Gasteiger partial charge in [0.05, 0.1) is 23.7 Å². The van der Waals surface area contributed by atoms with Crippen LogP contribution in [-0.2, 0) is 26.0 Å². The maximum absolute atomic E-state index is 13.1. The number of nitrogens with zero attached hydrogens (tertiary/aromatic N) is 2. The number of ether oxygens (including phenoxy) is 2. The topological polar surface area (TPSA) is 59.1 Å². The van der Waals surface area contributed by atoms with Crippen molar-refractivity contribution >= 4 is 10.0 Å². The van der Waals surface area contributed by atoms with Crippen LogP contribution in [0.25, 0.3) is 0 Å². The van der Waals surface area contributed by atoms with E-state index in [-0.39, 0.29) is 5.60 Å². The van der Waals surface area contributed by atoms with E-state index in [0.717, 1.165) is 31.5 Å². The van der Waals surface area contributed by atoms with Gasteiger partial charge in [0.2, 0.25) is 10.0 Å². The van der Waals surface area contributed by atoms with Crippen molar-refractivity contribution in [3.8, 4) is 0 Å². The lowest BCUT2D eigenvalue weighted by Gasteiger charge is -2.43. The molecule has 0 atom stereocenters. The average molecular weight is 397 g/mol. The molecule has 0 radical (unpaired) electrons. The number of methoxy groups -OCH3 is 1. The van der Waals surface area contributed by atoms with Crippen molar-refractivity contribution in [3.63, 3.8) is 0 Å². The Kier molecular flexibility index (Phi) is 6.58. The summed E-state index contributed by atoms with van der Waals surface area (Å²) in [5.74, 6) is 0.471. The third-order valence-electron chi connectivity index (χ3n) is 6.12. The summed E-state index contributed by atoms with van der Waals surface area (Å²) in [7, 11) is -1.68. The molecule has 7 heteroatoms. The fraction of sp³-hybridized carbons (Fsp3) is 0.700. The summed E-state index contributed by atoms with van der Waals surface area (Å²) in [6, 6.07) is 7.40. The van der Waals surface area contributed by atoms with Gasteiger partial charge in [-0.1, -0.05) is 32.0 Å². The van der Waals surface area contributed by atoms with Crippen LogP contribution in [0.15, 0.2) is 29.2 Å². The van der Waals surface area contributed by atoms with Crippen LogP contribution in [0.2, 0.25) is 0 Å². The van der Waals surface area contributed by atoms with Crippen LogP contribution >= 0.6 is 0 Å². The smallest absolute Gasteiger partial charge is 0.243 e. The van der Waals surface area contributed by atoms with E-state index in [9.17, 15) is 8.42 Å². The standard InChI is InChI=1S/C20H32N2O4S/c1-17(2)20(25-3)8-10-21(11-9-20)16-18-6-4-5-7-19(18)27(23,24)22-12-14-26-15-13-22/h4-7,17H,8-16H2,1-3H3. The first-order valence-electron chi connectivity index (χ1n) is 9.82. The number of hydrogen-bond acceptors (Lipinski definition) is 5. The van der Waals surface area contributed by atoms with Crippen molar-refractivity contribution in [1.82, 2.24) is 9.21 Å². The molecular formula is C20H32N2O4S. The molecule has 0 unspecified atom stereocenters. The number of benzene rings is 1. The van der Waals surface area contributed by atoms with Crippen molar-refractivity contribution in [2.45, 2.75) is 43.7 Å². The van der Waals surface area contributed by atoms with Gasteiger partial charge in [-0.3, -0.25) is 4.90 Å². The number of morpholine rings is 1. The second kappa shape index (κ2) is 8.57. The van der Waals surface area contributed by atoms with Gasteiger partial charge in [0.25, 0.3) is 0 Å². The van der Waals surface area contributed by atoms with Crippen LogP contribution in [0.1, 0.15) is 32.3 Å². The summed E-state index contributed by atoms with van der Waals surface area (Å²) < 4.78 is 38.9. The van der Waals surface area contributed by atoms with E-state index in [4.69, 9.17) is 9.47 Å².